The molecule has 1 fully saturated rings. The lowest BCUT2D eigenvalue weighted by Gasteiger charge is -2.33. The fraction of sp³-hybridized carbons (Fsp3) is 0.467. The van der Waals surface area contributed by atoms with Gasteiger partial charge >= 0.3 is 0 Å². The number of morpholine rings is 1. The van der Waals surface area contributed by atoms with Crippen molar-refractivity contribution in [3.8, 4) is 0 Å². The van der Waals surface area contributed by atoms with Crippen LogP contribution >= 0.6 is 0 Å². The highest BCUT2D eigenvalue weighted by atomic mass is 16.5. The summed E-state index contributed by atoms with van der Waals surface area (Å²) in [6, 6.07) is 8.78. The molecule has 0 radical (unpaired) electrons. The SMILES string of the molecule is NC(=O)C1COCCN1C(=O)CCC(N)c1ccccc1. The fourth-order valence-corrected chi connectivity index (χ4v) is 2.43. The van der Waals surface area contributed by atoms with Crippen LogP contribution in [0.15, 0.2) is 30.3 Å². The topological polar surface area (TPSA) is 98.7 Å². The first-order valence-corrected chi connectivity index (χ1v) is 7.06. The van der Waals surface area contributed by atoms with Crippen LogP contribution in [0, 0.1) is 0 Å². The van der Waals surface area contributed by atoms with Crippen LogP contribution in [0.25, 0.3) is 0 Å². The molecule has 1 aromatic carbocycles. The Kier molecular flexibility index (Phi) is 5.30. The number of ether oxygens (including phenoxy) is 1. The molecule has 6 heteroatoms. The Balaban J connectivity index is 1.90. The normalized spacial score (nSPS) is 20.0. The fourth-order valence-electron chi connectivity index (χ4n) is 2.43. The van der Waals surface area contributed by atoms with E-state index in [1.54, 1.807) is 0 Å². The van der Waals surface area contributed by atoms with Crippen LogP contribution in [0.2, 0.25) is 0 Å². The molecule has 1 aromatic rings. The second kappa shape index (κ2) is 7.19. The van der Waals surface area contributed by atoms with Crippen LogP contribution in [-0.4, -0.2) is 42.5 Å². The number of rotatable bonds is 5. The van der Waals surface area contributed by atoms with Crippen molar-refractivity contribution in [2.45, 2.75) is 24.9 Å². The number of nitrogens with two attached hydrogens (primary N) is 2. The predicted molar refractivity (Wildman–Crippen MR) is 78.1 cm³/mol. The summed E-state index contributed by atoms with van der Waals surface area (Å²) in [5.74, 6) is -0.635. The Bertz CT molecular complexity index is 492. The molecule has 114 valence electrons. The lowest BCUT2D eigenvalue weighted by molar-refractivity contribution is -0.147. The summed E-state index contributed by atoms with van der Waals surface area (Å²) in [5, 5.41) is 0. The van der Waals surface area contributed by atoms with E-state index in [1.165, 1.54) is 4.90 Å². The van der Waals surface area contributed by atoms with Crippen molar-refractivity contribution >= 4 is 11.8 Å². The van der Waals surface area contributed by atoms with E-state index < -0.39 is 11.9 Å². The van der Waals surface area contributed by atoms with Crippen molar-refractivity contribution in [3.63, 3.8) is 0 Å². The number of primary amides is 1. The van der Waals surface area contributed by atoms with E-state index in [4.69, 9.17) is 16.2 Å². The van der Waals surface area contributed by atoms with Crippen molar-refractivity contribution in [2.24, 2.45) is 11.5 Å². The highest BCUT2D eigenvalue weighted by Crippen LogP contribution is 2.17. The van der Waals surface area contributed by atoms with Crippen molar-refractivity contribution in [1.29, 1.82) is 0 Å². The van der Waals surface area contributed by atoms with E-state index in [0.29, 0.717) is 26.0 Å². The number of nitrogens with zero attached hydrogens (tertiary/aromatic N) is 1. The van der Waals surface area contributed by atoms with Gasteiger partial charge in [-0.3, -0.25) is 9.59 Å². The monoisotopic (exact) mass is 291 g/mol. The Morgan fingerprint density at radius 2 is 2.05 bits per heavy atom. The van der Waals surface area contributed by atoms with Gasteiger partial charge in [-0.2, -0.15) is 0 Å². The lowest BCUT2D eigenvalue weighted by atomic mass is 10.0. The third-order valence-corrected chi connectivity index (χ3v) is 3.67. The third kappa shape index (κ3) is 4.03. The molecule has 0 bridgehead atoms. The summed E-state index contributed by atoms with van der Waals surface area (Å²) >= 11 is 0. The molecular weight excluding hydrogens is 270 g/mol. The molecule has 6 nitrogen and oxygen atoms in total. The minimum Gasteiger partial charge on any atom is -0.377 e. The van der Waals surface area contributed by atoms with Crippen LogP contribution < -0.4 is 11.5 Å². The number of carbonyl (C=O) groups excluding carboxylic acids is 2. The van der Waals surface area contributed by atoms with Crippen LogP contribution in [0.5, 0.6) is 0 Å². The second-order valence-electron chi connectivity index (χ2n) is 5.14. The average molecular weight is 291 g/mol. The molecule has 0 aromatic heterocycles. The zero-order valence-corrected chi connectivity index (χ0v) is 11.9. The van der Waals surface area contributed by atoms with Gasteiger partial charge in [-0.25, -0.2) is 0 Å². The minimum absolute atomic E-state index is 0.103. The minimum atomic E-state index is -0.667. The smallest absolute Gasteiger partial charge is 0.242 e. The molecule has 1 aliphatic heterocycles. The van der Waals surface area contributed by atoms with Crippen molar-refractivity contribution < 1.29 is 14.3 Å². The van der Waals surface area contributed by atoms with Gasteiger partial charge in [-0.15, -0.1) is 0 Å². The van der Waals surface area contributed by atoms with Gasteiger partial charge in [0.25, 0.3) is 0 Å². The zero-order chi connectivity index (χ0) is 15.2. The molecule has 0 aliphatic carbocycles. The molecule has 2 rings (SSSR count). The van der Waals surface area contributed by atoms with E-state index in [1.807, 2.05) is 30.3 Å². The Hall–Kier alpha value is -1.92. The molecule has 1 heterocycles. The molecular formula is C15H21N3O3. The molecule has 2 atom stereocenters. The van der Waals surface area contributed by atoms with E-state index in [2.05, 4.69) is 0 Å². The summed E-state index contributed by atoms with van der Waals surface area (Å²) in [5.41, 5.74) is 12.4. The molecule has 1 aliphatic rings. The van der Waals surface area contributed by atoms with Gasteiger partial charge < -0.3 is 21.1 Å². The first-order chi connectivity index (χ1) is 10.1. The van der Waals surface area contributed by atoms with Crippen LogP contribution in [0.1, 0.15) is 24.4 Å². The van der Waals surface area contributed by atoms with Crippen molar-refractivity contribution in [1.82, 2.24) is 4.90 Å². The summed E-state index contributed by atoms with van der Waals surface area (Å²) in [7, 11) is 0. The van der Waals surface area contributed by atoms with E-state index in [0.717, 1.165) is 5.56 Å². The highest BCUT2D eigenvalue weighted by molar-refractivity contribution is 5.87. The first-order valence-electron chi connectivity index (χ1n) is 7.06. The Labute approximate surface area is 124 Å². The number of hydrogen-bond donors (Lipinski definition) is 2. The summed E-state index contributed by atoms with van der Waals surface area (Å²) < 4.78 is 5.20. The molecule has 4 N–H and O–H groups in total. The van der Waals surface area contributed by atoms with Gasteiger partial charge in [0.15, 0.2) is 0 Å². The Morgan fingerprint density at radius 1 is 1.33 bits per heavy atom. The summed E-state index contributed by atoms with van der Waals surface area (Å²) in [4.78, 5) is 25.1. The van der Waals surface area contributed by atoms with Gasteiger partial charge in [0.2, 0.25) is 11.8 Å². The van der Waals surface area contributed by atoms with Crippen LogP contribution in [-0.2, 0) is 14.3 Å². The first kappa shape index (κ1) is 15.5. The maximum absolute atomic E-state index is 12.3. The molecule has 0 spiro atoms. The van der Waals surface area contributed by atoms with Crippen LogP contribution in [0.4, 0.5) is 0 Å². The van der Waals surface area contributed by atoms with Crippen molar-refractivity contribution in [2.75, 3.05) is 19.8 Å². The Morgan fingerprint density at radius 3 is 2.71 bits per heavy atom. The maximum Gasteiger partial charge on any atom is 0.242 e. The second-order valence-corrected chi connectivity index (χ2v) is 5.14. The standard InChI is InChI=1S/C15H21N3O3/c16-12(11-4-2-1-3-5-11)6-7-14(19)18-8-9-21-10-13(18)15(17)20/h1-5,12-13H,6-10,16H2,(H2,17,20). The summed E-state index contributed by atoms with van der Waals surface area (Å²) in [6.07, 6.45) is 0.825. The molecule has 2 amide bonds. The molecule has 2 unspecified atom stereocenters. The zero-order valence-electron chi connectivity index (χ0n) is 11.9. The largest absolute Gasteiger partial charge is 0.377 e. The number of benzene rings is 1. The number of amides is 2. The lowest BCUT2D eigenvalue weighted by Crippen LogP contribution is -2.54. The third-order valence-electron chi connectivity index (χ3n) is 3.67. The predicted octanol–water partition coefficient (Wildman–Crippen LogP) is 0.179. The van der Waals surface area contributed by atoms with Crippen molar-refractivity contribution in [3.05, 3.63) is 35.9 Å². The molecule has 21 heavy (non-hydrogen) atoms. The van der Waals surface area contributed by atoms with Gasteiger partial charge in [0.1, 0.15) is 6.04 Å². The van der Waals surface area contributed by atoms with E-state index in [-0.39, 0.29) is 18.6 Å². The number of carbonyl (C=O) groups is 2. The van der Waals surface area contributed by atoms with Gasteiger partial charge in [-0.1, -0.05) is 30.3 Å². The number of hydrogen-bond acceptors (Lipinski definition) is 4. The molecule has 1 saturated heterocycles. The maximum atomic E-state index is 12.3. The quantitative estimate of drug-likeness (QED) is 0.808. The van der Waals surface area contributed by atoms with E-state index in [9.17, 15) is 9.59 Å². The van der Waals surface area contributed by atoms with Gasteiger partial charge in [0.05, 0.1) is 13.2 Å². The molecule has 0 saturated carbocycles. The summed E-state index contributed by atoms with van der Waals surface area (Å²) in [6.45, 7) is 0.999. The highest BCUT2D eigenvalue weighted by Gasteiger charge is 2.31. The van der Waals surface area contributed by atoms with Crippen LogP contribution in [0.3, 0.4) is 0 Å². The van der Waals surface area contributed by atoms with Gasteiger partial charge in [-0.05, 0) is 12.0 Å². The average Bonchev–Trinajstić information content (AvgIpc) is 2.53. The van der Waals surface area contributed by atoms with Gasteiger partial charge in [0, 0.05) is 19.0 Å². The van der Waals surface area contributed by atoms with E-state index >= 15 is 0 Å².